The van der Waals surface area contributed by atoms with Crippen LogP contribution in [0.25, 0.3) is 0 Å². The van der Waals surface area contributed by atoms with Crippen LogP contribution in [0.5, 0.6) is 5.75 Å². The molecule has 0 atom stereocenters. The molecular weight excluding hydrogens is 256 g/mol. The van der Waals surface area contributed by atoms with Gasteiger partial charge in [-0.2, -0.15) is 0 Å². The molecule has 0 unspecified atom stereocenters. The van der Waals surface area contributed by atoms with Gasteiger partial charge < -0.3 is 10.4 Å². The van der Waals surface area contributed by atoms with Gasteiger partial charge in [-0.05, 0) is 30.7 Å². The van der Waals surface area contributed by atoms with Gasteiger partial charge in [0.2, 0.25) is 0 Å². The third-order valence-electron chi connectivity index (χ3n) is 2.29. The molecule has 0 amide bonds. The van der Waals surface area contributed by atoms with E-state index in [0.29, 0.717) is 6.54 Å². The molecule has 0 saturated heterocycles. The average molecular weight is 269 g/mol. The van der Waals surface area contributed by atoms with Crippen LogP contribution < -0.4 is 5.32 Å². The van der Waals surface area contributed by atoms with Crippen molar-refractivity contribution in [2.75, 3.05) is 6.54 Å². The first-order valence-electron chi connectivity index (χ1n) is 5.33. The molecule has 0 fully saturated rings. The third kappa shape index (κ3) is 4.00. The lowest BCUT2D eigenvalue weighted by Gasteiger charge is -2.03. The van der Waals surface area contributed by atoms with Gasteiger partial charge in [0, 0.05) is 18.0 Å². The number of thiophene rings is 1. The van der Waals surface area contributed by atoms with E-state index in [1.807, 2.05) is 18.2 Å². The Morgan fingerprint density at radius 3 is 2.82 bits per heavy atom. The van der Waals surface area contributed by atoms with Crippen LogP contribution >= 0.6 is 22.9 Å². The van der Waals surface area contributed by atoms with Gasteiger partial charge in [0.25, 0.3) is 0 Å². The Bertz CT molecular complexity index is 470. The van der Waals surface area contributed by atoms with E-state index >= 15 is 0 Å². The Hall–Kier alpha value is -1.10. The SMILES string of the molecule is Oc1ccc(CNCCc2ccc(Cl)s2)nc1. The predicted molar refractivity (Wildman–Crippen MR) is 70.6 cm³/mol. The van der Waals surface area contributed by atoms with Gasteiger partial charge in [0.05, 0.1) is 16.2 Å². The second kappa shape index (κ2) is 6.00. The van der Waals surface area contributed by atoms with Crippen LogP contribution in [0.1, 0.15) is 10.6 Å². The van der Waals surface area contributed by atoms with Crippen LogP contribution in [0.2, 0.25) is 4.34 Å². The first-order chi connectivity index (χ1) is 8.24. The normalized spacial score (nSPS) is 10.6. The van der Waals surface area contributed by atoms with Crippen molar-refractivity contribution in [3.05, 3.63) is 45.4 Å². The third-order valence-corrected chi connectivity index (χ3v) is 3.58. The largest absolute Gasteiger partial charge is 0.506 e. The van der Waals surface area contributed by atoms with Crippen LogP contribution in [-0.4, -0.2) is 16.6 Å². The summed E-state index contributed by atoms with van der Waals surface area (Å²) in [6.45, 7) is 1.60. The Morgan fingerprint density at radius 1 is 1.29 bits per heavy atom. The van der Waals surface area contributed by atoms with Crippen molar-refractivity contribution in [3.8, 4) is 5.75 Å². The highest BCUT2D eigenvalue weighted by atomic mass is 35.5. The predicted octanol–water partition coefficient (Wildman–Crippen LogP) is 2.83. The molecule has 0 aliphatic rings. The van der Waals surface area contributed by atoms with Crippen molar-refractivity contribution in [2.24, 2.45) is 0 Å². The van der Waals surface area contributed by atoms with E-state index in [9.17, 15) is 0 Å². The number of rotatable bonds is 5. The minimum absolute atomic E-state index is 0.196. The van der Waals surface area contributed by atoms with Gasteiger partial charge in [-0.15, -0.1) is 11.3 Å². The maximum absolute atomic E-state index is 9.09. The fourth-order valence-corrected chi connectivity index (χ4v) is 2.52. The number of nitrogens with zero attached hydrogens (tertiary/aromatic N) is 1. The summed E-state index contributed by atoms with van der Waals surface area (Å²) in [5, 5.41) is 12.4. The topological polar surface area (TPSA) is 45.1 Å². The molecule has 0 radical (unpaired) electrons. The van der Waals surface area contributed by atoms with Gasteiger partial charge in [-0.1, -0.05) is 11.6 Å². The average Bonchev–Trinajstić information content (AvgIpc) is 2.73. The van der Waals surface area contributed by atoms with Crippen LogP contribution in [0.15, 0.2) is 30.5 Å². The standard InChI is InChI=1S/C12H13ClN2OS/c13-12-4-3-11(17-12)5-6-14-7-9-1-2-10(16)8-15-9/h1-4,8,14,16H,5-7H2. The van der Waals surface area contributed by atoms with E-state index in [2.05, 4.69) is 10.3 Å². The molecule has 2 aromatic heterocycles. The molecular formula is C12H13ClN2OS. The second-order valence-electron chi connectivity index (χ2n) is 3.64. The van der Waals surface area contributed by atoms with Gasteiger partial charge in [0.1, 0.15) is 5.75 Å². The van der Waals surface area contributed by atoms with Crippen molar-refractivity contribution in [2.45, 2.75) is 13.0 Å². The van der Waals surface area contributed by atoms with Crippen LogP contribution in [0.3, 0.4) is 0 Å². The maximum Gasteiger partial charge on any atom is 0.133 e. The Balaban J connectivity index is 1.71. The number of hydrogen-bond donors (Lipinski definition) is 2. The van der Waals surface area contributed by atoms with Crippen molar-refractivity contribution in [3.63, 3.8) is 0 Å². The van der Waals surface area contributed by atoms with Gasteiger partial charge >= 0.3 is 0 Å². The summed E-state index contributed by atoms with van der Waals surface area (Å²) in [6, 6.07) is 7.42. The lowest BCUT2D eigenvalue weighted by Crippen LogP contribution is -2.16. The molecule has 2 heterocycles. The monoisotopic (exact) mass is 268 g/mol. The van der Waals surface area contributed by atoms with Crippen molar-refractivity contribution >= 4 is 22.9 Å². The zero-order valence-corrected chi connectivity index (χ0v) is 10.8. The summed E-state index contributed by atoms with van der Waals surface area (Å²) in [4.78, 5) is 5.37. The lowest BCUT2D eigenvalue weighted by molar-refractivity contribution is 0.471. The fourth-order valence-electron chi connectivity index (χ4n) is 1.44. The summed E-state index contributed by atoms with van der Waals surface area (Å²) < 4.78 is 0.834. The van der Waals surface area contributed by atoms with Crippen molar-refractivity contribution in [1.29, 1.82) is 0 Å². The number of pyridine rings is 1. The summed E-state index contributed by atoms with van der Waals surface area (Å²) in [5.74, 6) is 0.196. The van der Waals surface area contributed by atoms with E-state index in [1.54, 1.807) is 17.4 Å². The molecule has 3 nitrogen and oxygen atoms in total. The zero-order valence-electron chi connectivity index (χ0n) is 9.19. The summed E-state index contributed by atoms with van der Waals surface area (Å²) in [6.07, 6.45) is 2.42. The smallest absolute Gasteiger partial charge is 0.133 e. The van der Waals surface area contributed by atoms with Crippen LogP contribution in [0.4, 0.5) is 0 Å². The van der Waals surface area contributed by atoms with Crippen molar-refractivity contribution < 1.29 is 5.11 Å². The van der Waals surface area contributed by atoms with E-state index in [1.165, 1.54) is 11.1 Å². The summed E-state index contributed by atoms with van der Waals surface area (Å²) >= 11 is 7.46. The first-order valence-corrected chi connectivity index (χ1v) is 6.52. The number of nitrogens with one attached hydrogen (secondary N) is 1. The van der Waals surface area contributed by atoms with Crippen LogP contribution in [0, 0.1) is 0 Å². The van der Waals surface area contributed by atoms with E-state index in [0.717, 1.165) is 23.0 Å². The first kappa shape index (κ1) is 12.4. The highest BCUT2D eigenvalue weighted by Crippen LogP contribution is 2.21. The highest BCUT2D eigenvalue weighted by molar-refractivity contribution is 7.16. The Kier molecular flexibility index (Phi) is 4.36. The Labute approximate surface area is 109 Å². The molecule has 0 aromatic carbocycles. The second-order valence-corrected chi connectivity index (χ2v) is 5.44. The van der Waals surface area contributed by atoms with Gasteiger partial charge in [-0.3, -0.25) is 4.98 Å². The molecule has 0 spiro atoms. The number of halogens is 1. The molecule has 2 rings (SSSR count). The van der Waals surface area contributed by atoms with E-state index in [4.69, 9.17) is 16.7 Å². The number of aromatic hydroxyl groups is 1. The quantitative estimate of drug-likeness (QED) is 0.820. The maximum atomic E-state index is 9.09. The van der Waals surface area contributed by atoms with Crippen molar-refractivity contribution in [1.82, 2.24) is 10.3 Å². The number of aromatic nitrogens is 1. The minimum atomic E-state index is 0.196. The van der Waals surface area contributed by atoms with E-state index < -0.39 is 0 Å². The molecule has 0 saturated carbocycles. The van der Waals surface area contributed by atoms with Gasteiger partial charge in [-0.25, -0.2) is 0 Å². The highest BCUT2D eigenvalue weighted by Gasteiger charge is 1.98. The lowest BCUT2D eigenvalue weighted by atomic mass is 10.3. The summed E-state index contributed by atoms with van der Waals surface area (Å²) in [5.41, 5.74) is 0.923. The molecule has 5 heteroatoms. The summed E-state index contributed by atoms with van der Waals surface area (Å²) in [7, 11) is 0. The van der Waals surface area contributed by atoms with Gasteiger partial charge in [0.15, 0.2) is 0 Å². The molecule has 17 heavy (non-hydrogen) atoms. The Morgan fingerprint density at radius 2 is 2.18 bits per heavy atom. The van der Waals surface area contributed by atoms with E-state index in [-0.39, 0.29) is 5.75 Å². The molecule has 0 bridgehead atoms. The molecule has 2 aromatic rings. The zero-order chi connectivity index (χ0) is 12.1. The number of hydrogen-bond acceptors (Lipinski definition) is 4. The molecule has 0 aliphatic heterocycles. The molecule has 90 valence electrons. The fraction of sp³-hybridized carbons (Fsp3) is 0.250. The molecule has 0 aliphatic carbocycles. The minimum Gasteiger partial charge on any atom is -0.506 e. The van der Waals surface area contributed by atoms with Crippen LogP contribution in [-0.2, 0) is 13.0 Å². The molecule has 2 N–H and O–H groups in total.